The molecule has 10 rings (SSSR count). The van der Waals surface area contributed by atoms with Gasteiger partial charge in [-0.2, -0.15) is 0 Å². The quantitative estimate of drug-likeness (QED) is 0.172. The monoisotopic (exact) mass is 630 g/mol. The van der Waals surface area contributed by atoms with Crippen LogP contribution in [0.25, 0.3) is 10.9 Å². The van der Waals surface area contributed by atoms with Gasteiger partial charge in [-0.25, -0.2) is 13.2 Å². The topological polar surface area (TPSA) is 76.6 Å². The van der Waals surface area contributed by atoms with Crippen molar-refractivity contribution in [1.82, 2.24) is 4.98 Å². The number of rotatable bonds is 7. The molecule has 0 unspecified atom stereocenters. The van der Waals surface area contributed by atoms with Crippen molar-refractivity contribution >= 4 is 32.6 Å². The van der Waals surface area contributed by atoms with Gasteiger partial charge in [0, 0.05) is 16.6 Å². The van der Waals surface area contributed by atoms with Crippen molar-refractivity contribution in [3.8, 4) is 0 Å². The van der Waals surface area contributed by atoms with Gasteiger partial charge in [0.15, 0.2) is 0 Å². The van der Waals surface area contributed by atoms with Crippen molar-refractivity contribution in [1.29, 1.82) is 0 Å². The van der Waals surface area contributed by atoms with E-state index in [0.717, 1.165) is 88.6 Å². The molecule has 0 aliphatic heterocycles. The van der Waals surface area contributed by atoms with Gasteiger partial charge in [0.25, 0.3) is 10.0 Å². The highest BCUT2D eigenvalue weighted by molar-refractivity contribution is 7.92. The Kier molecular flexibility index (Phi) is 7.89. The van der Waals surface area contributed by atoms with Crippen LogP contribution in [0.15, 0.2) is 89.8 Å². The van der Waals surface area contributed by atoms with Crippen LogP contribution in [0.1, 0.15) is 73.8 Å². The molecule has 0 atom stereocenters. The Labute approximate surface area is 271 Å². The number of methoxy groups -OCH3 is 1. The van der Waals surface area contributed by atoms with Crippen LogP contribution in [0.4, 0.5) is 5.69 Å². The highest BCUT2D eigenvalue weighted by Crippen LogP contribution is 2.50. The van der Waals surface area contributed by atoms with Crippen molar-refractivity contribution in [3.63, 3.8) is 0 Å². The third-order valence-corrected chi connectivity index (χ3v) is 11.2. The molecule has 0 radical (unpaired) electrons. The van der Waals surface area contributed by atoms with Crippen molar-refractivity contribution in [2.45, 2.75) is 69.7 Å². The van der Waals surface area contributed by atoms with Gasteiger partial charge in [-0.3, -0.25) is 9.29 Å². The highest BCUT2D eigenvalue weighted by atomic mass is 32.2. The number of esters is 1. The van der Waals surface area contributed by atoms with Gasteiger partial charge in [0.05, 0.1) is 35.3 Å². The number of hydrogen-bond acceptors (Lipinski definition) is 5. The summed E-state index contributed by atoms with van der Waals surface area (Å²) in [5.74, 6) is -0.251. The van der Waals surface area contributed by atoms with Gasteiger partial charge in [-0.1, -0.05) is 66.2 Å². The Bertz CT molecular complexity index is 2050. The Balaban J connectivity index is 1.49. The lowest BCUT2D eigenvalue weighted by molar-refractivity contribution is 0.0600. The van der Waals surface area contributed by atoms with Crippen molar-refractivity contribution in [2.75, 3.05) is 11.4 Å². The molecule has 0 saturated heterocycles. The summed E-state index contributed by atoms with van der Waals surface area (Å²) in [7, 11) is -2.78. The van der Waals surface area contributed by atoms with E-state index in [0.29, 0.717) is 5.56 Å². The second kappa shape index (κ2) is 12.0. The summed E-state index contributed by atoms with van der Waals surface area (Å²) < 4.78 is 36.4. The molecule has 1 saturated carbocycles. The maximum absolute atomic E-state index is 15.0. The number of carbonyl (C=O) groups excluding carboxylic acids is 1. The summed E-state index contributed by atoms with van der Waals surface area (Å²) >= 11 is 0. The summed E-state index contributed by atoms with van der Waals surface area (Å²) in [6.45, 7) is 4.24. The van der Waals surface area contributed by atoms with Crippen LogP contribution in [0.3, 0.4) is 0 Å². The van der Waals surface area contributed by atoms with Gasteiger partial charge in [0.2, 0.25) is 0 Å². The predicted octanol–water partition coefficient (Wildman–Crippen LogP) is 7.79. The van der Waals surface area contributed by atoms with Crippen molar-refractivity contribution in [2.24, 2.45) is 0 Å². The minimum absolute atomic E-state index is 0.128. The second-order valence-corrected chi connectivity index (χ2v) is 14.5. The summed E-state index contributed by atoms with van der Waals surface area (Å²) in [6, 6.07) is 27.4. The number of aromatic nitrogens is 1. The number of nitrogens with zero attached hydrogens (tertiary/aromatic N) is 2. The number of sulfonamides is 1. The smallest absolute Gasteiger partial charge is 0.337 e. The van der Waals surface area contributed by atoms with Crippen molar-refractivity contribution in [3.05, 3.63) is 135 Å². The maximum Gasteiger partial charge on any atom is 0.337 e. The van der Waals surface area contributed by atoms with Crippen molar-refractivity contribution < 1.29 is 17.9 Å². The predicted molar refractivity (Wildman–Crippen MR) is 182 cm³/mol. The molecule has 4 bridgehead atoms. The lowest BCUT2D eigenvalue weighted by atomic mass is 9.90. The average molecular weight is 631 g/mol. The minimum Gasteiger partial charge on any atom is -0.465 e. The van der Waals surface area contributed by atoms with Crippen LogP contribution in [0.2, 0.25) is 0 Å². The van der Waals surface area contributed by atoms with E-state index in [9.17, 15) is 13.2 Å². The van der Waals surface area contributed by atoms with E-state index in [1.54, 1.807) is 4.31 Å². The number of aryl methyl sites for hydroxylation is 6. The first-order valence-electron chi connectivity index (χ1n) is 16.0. The van der Waals surface area contributed by atoms with E-state index in [-0.39, 0.29) is 17.4 Å². The molecule has 6 nitrogen and oxygen atoms in total. The minimum atomic E-state index is -4.09. The molecule has 0 amide bonds. The molecule has 5 aliphatic rings. The normalized spacial score (nSPS) is 14.6. The van der Waals surface area contributed by atoms with Crippen LogP contribution >= 0.6 is 0 Å². The number of carbonyl (C=O) groups is 1. The number of pyridine rings is 1. The molecule has 1 fully saturated rings. The number of benzene rings is 4. The average Bonchev–Trinajstić information content (AvgIpc) is 3.90. The molecule has 7 heteroatoms. The third kappa shape index (κ3) is 5.69. The molecular weight excluding hydrogens is 593 g/mol. The summed E-state index contributed by atoms with van der Waals surface area (Å²) in [4.78, 5) is 17.6. The first-order valence-corrected chi connectivity index (χ1v) is 17.5. The largest absolute Gasteiger partial charge is 0.465 e. The summed E-state index contributed by atoms with van der Waals surface area (Å²) in [6.07, 6.45) is 5.32. The van der Waals surface area contributed by atoms with E-state index in [4.69, 9.17) is 9.72 Å². The Hall–Kier alpha value is -4.49. The number of ether oxygens (including phenoxy) is 1. The molecule has 5 aliphatic carbocycles. The first kappa shape index (κ1) is 30.2. The molecule has 0 spiro atoms. The molecule has 0 N–H and O–H groups in total. The van der Waals surface area contributed by atoms with Crippen LogP contribution in [0.5, 0.6) is 0 Å². The van der Waals surface area contributed by atoms with Crippen LogP contribution < -0.4 is 4.31 Å². The number of hydrogen-bond donors (Lipinski definition) is 0. The van der Waals surface area contributed by atoms with Gasteiger partial charge >= 0.3 is 5.97 Å². The zero-order valence-corrected chi connectivity index (χ0v) is 27.4. The molecule has 1 heterocycles. The van der Waals surface area contributed by atoms with E-state index < -0.39 is 16.0 Å². The van der Waals surface area contributed by atoms with Crippen LogP contribution in [-0.4, -0.2) is 26.5 Å². The fourth-order valence-corrected chi connectivity index (χ4v) is 8.20. The zero-order valence-electron chi connectivity index (χ0n) is 26.5. The summed E-state index contributed by atoms with van der Waals surface area (Å²) in [5, 5.41) is 0.946. The van der Waals surface area contributed by atoms with E-state index in [2.05, 4.69) is 36.4 Å². The lowest BCUT2D eigenvalue weighted by Gasteiger charge is -2.30. The molecule has 4 aromatic carbocycles. The standard InChI is InChI=1S/C39H38N2O4S/c1-25-4-6-29(7-5-25)24-41(46(43,44)34-22-20-33(21-23-34)39(42)45-3)38-35(30-16-17-30)26(2)40-37-32-15-13-28-10-8-27(9-11-28)12-14-31(18-19-32)36(37)38/h4-11,18-23,30H,12-17,24H2,1-3H3. The second-order valence-electron chi connectivity index (χ2n) is 12.7. The fourth-order valence-electron chi connectivity index (χ4n) is 6.71. The van der Waals surface area contributed by atoms with E-state index in [1.165, 1.54) is 42.5 Å². The maximum atomic E-state index is 15.0. The van der Waals surface area contributed by atoms with Gasteiger partial charge in [0.1, 0.15) is 0 Å². The summed E-state index contributed by atoms with van der Waals surface area (Å²) in [5.41, 5.74) is 10.7. The molecular formula is C39H38N2O4S. The molecule has 234 valence electrons. The Morgan fingerprint density at radius 1 is 0.804 bits per heavy atom. The fraction of sp³-hybridized carbons (Fsp3) is 0.282. The van der Waals surface area contributed by atoms with Crippen LogP contribution in [0, 0.1) is 13.8 Å². The van der Waals surface area contributed by atoms with E-state index >= 15 is 0 Å². The molecule has 5 aromatic rings. The van der Waals surface area contributed by atoms with Gasteiger partial charge < -0.3 is 4.74 Å². The molecule has 1 aromatic heterocycles. The Morgan fingerprint density at radius 2 is 1.41 bits per heavy atom. The van der Waals surface area contributed by atoms with Gasteiger partial charge in [-0.15, -0.1) is 0 Å². The lowest BCUT2D eigenvalue weighted by Crippen LogP contribution is -2.32. The van der Waals surface area contributed by atoms with Crippen LogP contribution in [-0.2, 0) is 47.0 Å². The first-order chi connectivity index (χ1) is 22.2. The highest BCUT2D eigenvalue weighted by Gasteiger charge is 2.37. The number of anilines is 1. The Morgan fingerprint density at radius 3 is 2.02 bits per heavy atom. The van der Waals surface area contributed by atoms with E-state index in [1.807, 2.05) is 38.1 Å². The third-order valence-electron chi connectivity index (χ3n) is 9.44. The van der Waals surface area contributed by atoms with Gasteiger partial charge in [-0.05, 0) is 110 Å². The molecule has 46 heavy (non-hydrogen) atoms. The SMILES string of the molecule is COC(=O)c1ccc(S(=O)(=O)N(Cc2ccc(C)cc2)c2c(C3CC3)c(C)nc3c4ccc(c23)CCc2ccc(cc2)CC4)cc1. The zero-order chi connectivity index (χ0) is 32.0.